The molecule has 2 aromatic carbocycles. The number of hydrogen-bond donors (Lipinski definition) is 2. The molecule has 0 amide bonds. The van der Waals surface area contributed by atoms with Crippen LogP contribution in [0.4, 0.5) is 0 Å². The summed E-state index contributed by atoms with van der Waals surface area (Å²) < 4.78 is 6.43. The van der Waals surface area contributed by atoms with Gasteiger partial charge < -0.3 is 15.4 Å². The Hall–Kier alpha value is -2.60. The molecule has 0 aliphatic heterocycles. The fraction of sp³-hybridized carbons (Fsp3) is 0.300. The Morgan fingerprint density at radius 1 is 1.12 bits per heavy atom. The number of aryl methyl sites for hydroxylation is 1. The summed E-state index contributed by atoms with van der Waals surface area (Å²) in [7, 11) is 3.46. The largest absolute Gasteiger partial charge is 0.497 e. The highest BCUT2D eigenvalue weighted by molar-refractivity contribution is 7.18. The van der Waals surface area contributed by atoms with Gasteiger partial charge in [-0.2, -0.15) is 0 Å². The molecule has 26 heavy (non-hydrogen) atoms. The van der Waals surface area contributed by atoms with Crippen molar-refractivity contribution in [3.8, 4) is 5.75 Å². The third-order valence-corrected chi connectivity index (χ3v) is 5.14. The molecule has 0 saturated heterocycles. The number of nitrogens with zero attached hydrogens (tertiary/aromatic N) is 2. The zero-order valence-electron chi connectivity index (χ0n) is 15.2. The van der Waals surface area contributed by atoms with E-state index in [9.17, 15) is 0 Å². The van der Waals surface area contributed by atoms with Crippen molar-refractivity contribution in [2.75, 3.05) is 20.7 Å². The molecular weight excluding hydrogens is 344 g/mol. The Labute approximate surface area is 158 Å². The minimum atomic E-state index is 0.724. The van der Waals surface area contributed by atoms with Gasteiger partial charge in [-0.1, -0.05) is 24.3 Å². The van der Waals surface area contributed by atoms with Crippen LogP contribution < -0.4 is 15.4 Å². The topological polar surface area (TPSA) is 58.5 Å². The maximum atomic E-state index is 5.18. The number of fused-ring (bicyclic) bond motifs is 1. The molecule has 1 aromatic heterocycles. The number of nitrogens with one attached hydrogen (secondary N) is 2. The van der Waals surface area contributed by atoms with Gasteiger partial charge in [-0.3, -0.25) is 4.99 Å². The lowest BCUT2D eigenvalue weighted by Crippen LogP contribution is -2.37. The first-order valence-corrected chi connectivity index (χ1v) is 9.52. The Balaban J connectivity index is 1.40. The summed E-state index contributed by atoms with van der Waals surface area (Å²) in [5.41, 5.74) is 2.28. The quantitative estimate of drug-likeness (QED) is 0.380. The summed E-state index contributed by atoms with van der Waals surface area (Å²) in [5.74, 6) is 1.68. The minimum Gasteiger partial charge on any atom is -0.497 e. The van der Waals surface area contributed by atoms with Crippen molar-refractivity contribution in [3.63, 3.8) is 0 Å². The van der Waals surface area contributed by atoms with Crippen LogP contribution in [0.1, 0.15) is 17.0 Å². The molecule has 136 valence electrons. The molecule has 0 spiro atoms. The van der Waals surface area contributed by atoms with Crippen molar-refractivity contribution in [2.45, 2.75) is 19.4 Å². The molecule has 0 radical (unpaired) electrons. The molecule has 0 fully saturated rings. The van der Waals surface area contributed by atoms with E-state index < -0.39 is 0 Å². The molecule has 6 heteroatoms. The van der Waals surface area contributed by atoms with Crippen LogP contribution in [0.5, 0.6) is 5.75 Å². The number of aliphatic imine (C=N–C) groups is 1. The van der Waals surface area contributed by atoms with Gasteiger partial charge in [-0.25, -0.2) is 4.98 Å². The summed E-state index contributed by atoms with van der Waals surface area (Å²) in [5, 5.41) is 7.87. The molecule has 0 aliphatic carbocycles. The van der Waals surface area contributed by atoms with Crippen molar-refractivity contribution in [3.05, 3.63) is 59.1 Å². The third kappa shape index (κ3) is 4.95. The standard InChI is InChI=1S/C20H24N4OS/c1-21-20(23-14-15-9-11-16(25-2)12-10-15)22-13-5-8-19-24-17-6-3-4-7-18(17)26-19/h3-4,6-7,9-12H,5,8,13-14H2,1-2H3,(H2,21,22,23). The van der Waals surface area contributed by atoms with Gasteiger partial charge in [0.15, 0.2) is 5.96 Å². The van der Waals surface area contributed by atoms with Gasteiger partial charge >= 0.3 is 0 Å². The molecule has 0 atom stereocenters. The lowest BCUT2D eigenvalue weighted by Gasteiger charge is -2.12. The van der Waals surface area contributed by atoms with E-state index in [4.69, 9.17) is 4.74 Å². The van der Waals surface area contributed by atoms with Crippen LogP contribution in [0.2, 0.25) is 0 Å². The first-order valence-electron chi connectivity index (χ1n) is 8.70. The van der Waals surface area contributed by atoms with Gasteiger partial charge in [-0.05, 0) is 36.2 Å². The van der Waals surface area contributed by atoms with Crippen molar-refractivity contribution in [1.82, 2.24) is 15.6 Å². The second kappa shape index (κ2) is 9.20. The van der Waals surface area contributed by atoms with Gasteiger partial charge in [0.05, 0.1) is 22.3 Å². The molecule has 0 saturated carbocycles. The van der Waals surface area contributed by atoms with Crippen molar-refractivity contribution in [2.24, 2.45) is 4.99 Å². The number of rotatable bonds is 7. The molecule has 3 rings (SSSR count). The van der Waals surface area contributed by atoms with Crippen LogP contribution >= 0.6 is 11.3 Å². The zero-order valence-corrected chi connectivity index (χ0v) is 16.0. The van der Waals surface area contributed by atoms with Gasteiger partial charge in [0.25, 0.3) is 0 Å². The van der Waals surface area contributed by atoms with Crippen LogP contribution in [0.15, 0.2) is 53.5 Å². The third-order valence-electron chi connectivity index (χ3n) is 4.04. The highest BCUT2D eigenvalue weighted by atomic mass is 32.1. The second-order valence-corrected chi connectivity index (χ2v) is 6.99. The summed E-state index contributed by atoms with van der Waals surface area (Å²) in [4.78, 5) is 8.95. The predicted octanol–water partition coefficient (Wildman–Crippen LogP) is 3.60. The van der Waals surface area contributed by atoms with E-state index in [1.807, 2.05) is 30.3 Å². The fourth-order valence-corrected chi connectivity index (χ4v) is 3.63. The van der Waals surface area contributed by atoms with E-state index in [0.29, 0.717) is 0 Å². The van der Waals surface area contributed by atoms with Gasteiger partial charge in [0.2, 0.25) is 0 Å². The first-order chi connectivity index (χ1) is 12.8. The van der Waals surface area contributed by atoms with Crippen LogP contribution in [0.25, 0.3) is 10.2 Å². The van der Waals surface area contributed by atoms with Gasteiger partial charge in [0, 0.05) is 26.6 Å². The number of aromatic nitrogens is 1. The van der Waals surface area contributed by atoms with Crippen LogP contribution in [-0.4, -0.2) is 31.6 Å². The average molecular weight is 369 g/mol. The molecule has 0 aliphatic rings. The summed E-state index contributed by atoms with van der Waals surface area (Å²) in [6.45, 7) is 1.58. The Kier molecular flexibility index (Phi) is 6.44. The molecule has 5 nitrogen and oxygen atoms in total. The molecule has 3 aromatic rings. The molecule has 2 N–H and O–H groups in total. The Bertz CT molecular complexity index is 825. The molecule has 0 bridgehead atoms. The highest BCUT2D eigenvalue weighted by Crippen LogP contribution is 2.22. The van der Waals surface area contributed by atoms with Crippen molar-refractivity contribution < 1.29 is 4.74 Å². The van der Waals surface area contributed by atoms with E-state index >= 15 is 0 Å². The van der Waals surface area contributed by atoms with Crippen LogP contribution in [0, 0.1) is 0 Å². The van der Waals surface area contributed by atoms with E-state index in [1.165, 1.54) is 15.3 Å². The first kappa shape index (κ1) is 18.2. The monoisotopic (exact) mass is 368 g/mol. The molecule has 1 heterocycles. The number of ether oxygens (including phenoxy) is 1. The van der Waals surface area contributed by atoms with Crippen LogP contribution in [-0.2, 0) is 13.0 Å². The number of guanidine groups is 1. The second-order valence-electron chi connectivity index (χ2n) is 5.88. The summed E-state index contributed by atoms with van der Waals surface area (Å²) in [6.07, 6.45) is 1.99. The maximum absolute atomic E-state index is 5.18. The Morgan fingerprint density at radius 3 is 2.65 bits per heavy atom. The predicted molar refractivity (Wildman–Crippen MR) is 109 cm³/mol. The van der Waals surface area contributed by atoms with Gasteiger partial charge in [0.1, 0.15) is 5.75 Å². The van der Waals surface area contributed by atoms with E-state index in [-0.39, 0.29) is 0 Å². The number of hydrogen-bond acceptors (Lipinski definition) is 4. The number of benzene rings is 2. The number of para-hydroxylation sites is 1. The minimum absolute atomic E-state index is 0.724. The summed E-state index contributed by atoms with van der Waals surface area (Å²) in [6, 6.07) is 16.3. The number of methoxy groups -OCH3 is 1. The fourth-order valence-electron chi connectivity index (χ4n) is 2.62. The molecule has 0 unspecified atom stereocenters. The van der Waals surface area contributed by atoms with Crippen molar-refractivity contribution in [1.29, 1.82) is 0 Å². The zero-order chi connectivity index (χ0) is 18.2. The normalized spacial score (nSPS) is 11.5. The smallest absolute Gasteiger partial charge is 0.191 e. The molecular formula is C20H24N4OS. The lowest BCUT2D eigenvalue weighted by molar-refractivity contribution is 0.414. The maximum Gasteiger partial charge on any atom is 0.191 e. The van der Waals surface area contributed by atoms with Gasteiger partial charge in [-0.15, -0.1) is 11.3 Å². The average Bonchev–Trinajstić information content (AvgIpc) is 3.10. The van der Waals surface area contributed by atoms with Crippen LogP contribution in [0.3, 0.4) is 0 Å². The number of thiazole rings is 1. The summed E-state index contributed by atoms with van der Waals surface area (Å²) >= 11 is 1.78. The SMILES string of the molecule is CN=C(NCCCc1nc2ccccc2s1)NCc1ccc(OC)cc1. The Morgan fingerprint density at radius 2 is 1.92 bits per heavy atom. The highest BCUT2D eigenvalue weighted by Gasteiger charge is 2.03. The van der Waals surface area contributed by atoms with E-state index in [1.54, 1.807) is 25.5 Å². The lowest BCUT2D eigenvalue weighted by atomic mass is 10.2. The van der Waals surface area contributed by atoms with E-state index in [2.05, 4.69) is 38.8 Å². The van der Waals surface area contributed by atoms with E-state index in [0.717, 1.165) is 43.2 Å². The van der Waals surface area contributed by atoms with Crippen molar-refractivity contribution >= 4 is 27.5 Å².